The molecule has 0 spiro atoms. The third-order valence-electron chi connectivity index (χ3n) is 2.70. The van der Waals surface area contributed by atoms with Crippen LogP contribution in [0, 0.1) is 19.8 Å². The number of hydrogen-bond donors (Lipinski definition) is 2. The summed E-state index contributed by atoms with van der Waals surface area (Å²) in [5.41, 5.74) is 0.815. The fourth-order valence-electron chi connectivity index (χ4n) is 1.79. The Hall–Kier alpha value is -2.18. The fraction of sp³-hybridized carbons (Fsp3) is 0.500. The molecule has 19 heavy (non-hydrogen) atoms. The Balaban J connectivity index is 2.46. The summed E-state index contributed by atoms with van der Waals surface area (Å²) in [4.78, 5) is 23.7. The van der Waals surface area contributed by atoms with Crippen molar-refractivity contribution >= 4 is 23.0 Å². The van der Waals surface area contributed by atoms with Gasteiger partial charge >= 0.3 is 5.97 Å². The van der Waals surface area contributed by atoms with Crippen molar-refractivity contribution in [1.29, 1.82) is 0 Å². The van der Waals surface area contributed by atoms with E-state index in [1.54, 1.807) is 13.8 Å². The van der Waals surface area contributed by atoms with Gasteiger partial charge in [0.25, 0.3) is 5.71 Å². The molecule has 0 aromatic carbocycles. The van der Waals surface area contributed by atoms with E-state index in [4.69, 9.17) is 4.42 Å². The first-order valence-electron chi connectivity index (χ1n) is 5.99. The summed E-state index contributed by atoms with van der Waals surface area (Å²) in [5.74, 6) is 0.337. The van der Waals surface area contributed by atoms with Gasteiger partial charge in [-0.3, -0.25) is 0 Å². The second-order valence-electron chi connectivity index (χ2n) is 4.71. The van der Waals surface area contributed by atoms with Crippen LogP contribution in [0.25, 0.3) is 11.2 Å². The number of carbonyl (C=O) groups is 1. The van der Waals surface area contributed by atoms with Crippen LogP contribution in [0.15, 0.2) is 4.42 Å². The monoisotopic (exact) mass is 264 g/mol. The highest BCUT2D eigenvalue weighted by Gasteiger charge is 2.24. The van der Waals surface area contributed by atoms with Crippen molar-refractivity contribution in [2.24, 2.45) is 5.92 Å². The second kappa shape index (κ2) is 4.83. The van der Waals surface area contributed by atoms with Crippen LogP contribution in [0.4, 0.5) is 5.82 Å². The lowest BCUT2D eigenvalue weighted by atomic mass is 10.1. The van der Waals surface area contributed by atoms with Crippen LogP contribution in [0.1, 0.15) is 25.6 Å². The fourth-order valence-corrected chi connectivity index (χ4v) is 1.79. The molecule has 0 radical (unpaired) electrons. The molecular weight excluding hydrogens is 248 g/mol. The predicted octanol–water partition coefficient (Wildman–Crippen LogP) is 1.76. The number of anilines is 1. The first kappa shape index (κ1) is 13.3. The van der Waals surface area contributed by atoms with Gasteiger partial charge in [0, 0.05) is 6.92 Å². The van der Waals surface area contributed by atoms with Crippen LogP contribution in [0.3, 0.4) is 0 Å². The maximum atomic E-state index is 11.2. The van der Waals surface area contributed by atoms with Crippen molar-refractivity contribution in [3.8, 4) is 0 Å². The molecule has 7 heteroatoms. The van der Waals surface area contributed by atoms with Crippen LogP contribution in [0.2, 0.25) is 0 Å². The molecule has 7 nitrogen and oxygen atoms in total. The highest BCUT2D eigenvalue weighted by atomic mass is 16.4. The Morgan fingerprint density at radius 3 is 2.53 bits per heavy atom. The zero-order valence-corrected chi connectivity index (χ0v) is 11.3. The summed E-state index contributed by atoms with van der Waals surface area (Å²) in [6, 6.07) is -0.741. The van der Waals surface area contributed by atoms with E-state index >= 15 is 0 Å². The molecule has 0 saturated heterocycles. The Morgan fingerprint density at radius 2 is 1.95 bits per heavy atom. The lowest BCUT2D eigenvalue weighted by Gasteiger charge is -2.18. The minimum Gasteiger partial charge on any atom is -0.480 e. The minimum absolute atomic E-state index is 0.0872. The largest absolute Gasteiger partial charge is 0.480 e. The summed E-state index contributed by atoms with van der Waals surface area (Å²) < 4.78 is 5.34. The predicted molar refractivity (Wildman–Crippen MR) is 69.0 cm³/mol. The summed E-state index contributed by atoms with van der Waals surface area (Å²) in [7, 11) is 0. The molecule has 0 aliphatic carbocycles. The maximum absolute atomic E-state index is 11.2. The van der Waals surface area contributed by atoms with Crippen LogP contribution >= 0.6 is 0 Å². The van der Waals surface area contributed by atoms with Gasteiger partial charge in [-0.15, -0.1) is 0 Å². The van der Waals surface area contributed by atoms with E-state index in [1.807, 2.05) is 13.8 Å². The van der Waals surface area contributed by atoms with Gasteiger partial charge in [-0.05, 0) is 12.8 Å². The molecule has 1 atom stereocenters. The normalized spacial score (nSPS) is 12.9. The Bertz CT molecular complexity index is 621. The number of carboxylic acids is 1. The third-order valence-corrected chi connectivity index (χ3v) is 2.70. The third kappa shape index (κ3) is 2.64. The standard InChI is InChI=1S/C12H16N4O3/c1-5(2)8(12(17)18)16-10-9-11(14-6(3)13-10)19-7(4)15-9/h5,8H,1-4H3,(H,17,18)(H,13,14,16). The molecule has 0 aliphatic heterocycles. The number of aromatic nitrogens is 3. The number of nitrogens with one attached hydrogen (secondary N) is 1. The summed E-state index contributed by atoms with van der Waals surface area (Å²) in [6.45, 7) is 7.07. The zero-order valence-electron chi connectivity index (χ0n) is 11.3. The first-order chi connectivity index (χ1) is 8.88. The molecule has 2 aromatic rings. The van der Waals surface area contributed by atoms with E-state index in [9.17, 15) is 9.90 Å². The lowest BCUT2D eigenvalue weighted by molar-refractivity contribution is -0.138. The molecule has 0 bridgehead atoms. The number of fused-ring (bicyclic) bond motifs is 1. The number of nitrogens with zero attached hydrogens (tertiary/aromatic N) is 3. The highest BCUT2D eigenvalue weighted by Crippen LogP contribution is 2.22. The molecule has 2 N–H and O–H groups in total. The van der Waals surface area contributed by atoms with Gasteiger partial charge in [0.05, 0.1) is 0 Å². The van der Waals surface area contributed by atoms with Gasteiger partial charge in [0.15, 0.2) is 17.2 Å². The van der Waals surface area contributed by atoms with E-state index in [0.717, 1.165) is 0 Å². The maximum Gasteiger partial charge on any atom is 0.326 e. The number of oxazole rings is 1. The topological polar surface area (TPSA) is 101 Å². The van der Waals surface area contributed by atoms with Crippen molar-refractivity contribution in [1.82, 2.24) is 15.0 Å². The van der Waals surface area contributed by atoms with E-state index < -0.39 is 12.0 Å². The Kier molecular flexibility index (Phi) is 3.37. The molecule has 1 unspecified atom stereocenters. The number of rotatable bonds is 4. The van der Waals surface area contributed by atoms with Gasteiger partial charge in [-0.25, -0.2) is 14.8 Å². The van der Waals surface area contributed by atoms with Gasteiger partial charge in [0.2, 0.25) is 0 Å². The highest BCUT2D eigenvalue weighted by molar-refractivity contribution is 5.85. The molecule has 0 amide bonds. The minimum atomic E-state index is -0.931. The van der Waals surface area contributed by atoms with Crippen LogP contribution in [-0.4, -0.2) is 32.1 Å². The molecule has 0 aliphatic rings. The molecule has 0 saturated carbocycles. The van der Waals surface area contributed by atoms with Crippen LogP contribution in [-0.2, 0) is 4.79 Å². The average molecular weight is 264 g/mol. The van der Waals surface area contributed by atoms with Crippen LogP contribution in [0.5, 0.6) is 0 Å². The van der Waals surface area contributed by atoms with E-state index in [0.29, 0.717) is 28.8 Å². The first-order valence-corrected chi connectivity index (χ1v) is 5.99. The number of hydrogen-bond acceptors (Lipinski definition) is 6. The van der Waals surface area contributed by atoms with E-state index in [2.05, 4.69) is 20.3 Å². The second-order valence-corrected chi connectivity index (χ2v) is 4.71. The Morgan fingerprint density at radius 1 is 1.26 bits per heavy atom. The van der Waals surface area contributed by atoms with Crippen molar-refractivity contribution in [2.75, 3.05) is 5.32 Å². The van der Waals surface area contributed by atoms with Gasteiger partial charge in [0.1, 0.15) is 11.9 Å². The molecule has 2 heterocycles. The molecule has 102 valence electrons. The van der Waals surface area contributed by atoms with Crippen LogP contribution < -0.4 is 5.32 Å². The molecular formula is C12H16N4O3. The van der Waals surface area contributed by atoms with Crippen molar-refractivity contribution in [3.05, 3.63) is 11.7 Å². The summed E-state index contributed by atoms with van der Waals surface area (Å²) in [6.07, 6.45) is 0. The van der Waals surface area contributed by atoms with Gasteiger partial charge in [-0.2, -0.15) is 4.98 Å². The number of aliphatic carboxylic acids is 1. The molecule has 2 rings (SSSR count). The Labute approximate surface area is 110 Å². The van der Waals surface area contributed by atoms with E-state index in [-0.39, 0.29) is 5.92 Å². The van der Waals surface area contributed by atoms with Crippen molar-refractivity contribution in [3.63, 3.8) is 0 Å². The summed E-state index contributed by atoms with van der Waals surface area (Å²) >= 11 is 0. The molecule has 0 fully saturated rings. The quantitative estimate of drug-likeness (QED) is 0.867. The average Bonchev–Trinajstić information content (AvgIpc) is 2.64. The lowest BCUT2D eigenvalue weighted by Crippen LogP contribution is -2.34. The van der Waals surface area contributed by atoms with Crippen molar-refractivity contribution < 1.29 is 14.3 Å². The van der Waals surface area contributed by atoms with E-state index in [1.165, 1.54) is 0 Å². The van der Waals surface area contributed by atoms with Gasteiger partial charge in [-0.1, -0.05) is 13.8 Å². The number of aryl methyl sites for hydroxylation is 2. The number of carboxylic acid groups (broad SMARTS) is 1. The van der Waals surface area contributed by atoms with Gasteiger partial charge < -0.3 is 14.8 Å². The summed E-state index contributed by atoms with van der Waals surface area (Å²) in [5, 5.41) is 12.1. The SMILES string of the molecule is Cc1nc(NC(C(=O)O)C(C)C)c2nc(C)oc2n1. The zero-order chi connectivity index (χ0) is 14.2. The molecule has 2 aromatic heterocycles. The van der Waals surface area contributed by atoms with Crippen molar-refractivity contribution in [2.45, 2.75) is 33.7 Å². The smallest absolute Gasteiger partial charge is 0.326 e.